The molecule has 1 fully saturated rings. The van der Waals surface area contributed by atoms with Gasteiger partial charge in [-0.2, -0.15) is 0 Å². The first-order chi connectivity index (χ1) is 8.58. The Morgan fingerprint density at radius 3 is 2.72 bits per heavy atom. The highest BCUT2D eigenvalue weighted by molar-refractivity contribution is 9.11. The summed E-state index contributed by atoms with van der Waals surface area (Å²) in [6.07, 6.45) is 1.17. The van der Waals surface area contributed by atoms with Gasteiger partial charge in [0.25, 0.3) is 0 Å². The van der Waals surface area contributed by atoms with Gasteiger partial charge in [-0.25, -0.2) is 0 Å². The molecule has 0 bridgehead atoms. The Kier molecular flexibility index (Phi) is 5.24. The van der Waals surface area contributed by atoms with Crippen LogP contribution in [0.4, 0.5) is 0 Å². The van der Waals surface area contributed by atoms with E-state index in [-0.39, 0.29) is 0 Å². The highest BCUT2D eigenvalue weighted by atomic mass is 79.9. The van der Waals surface area contributed by atoms with E-state index in [1.165, 1.54) is 12.0 Å². The van der Waals surface area contributed by atoms with E-state index in [9.17, 15) is 0 Å². The van der Waals surface area contributed by atoms with Crippen LogP contribution in [0.1, 0.15) is 31.9 Å². The Hall–Kier alpha value is 0.1000. The number of nitrogens with one attached hydrogen (secondary N) is 1. The Morgan fingerprint density at radius 2 is 2.11 bits per heavy atom. The lowest BCUT2D eigenvalue weighted by atomic mass is 9.98. The van der Waals surface area contributed by atoms with Crippen LogP contribution in [-0.4, -0.2) is 19.3 Å². The molecule has 0 aromatic heterocycles. The Morgan fingerprint density at radius 1 is 1.33 bits per heavy atom. The molecule has 0 spiro atoms. The molecule has 0 aliphatic carbocycles. The van der Waals surface area contributed by atoms with Crippen LogP contribution in [0.15, 0.2) is 27.1 Å². The largest absolute Gasteiger partial charge is 0.381 e. The van der Waals surface area contributed by atoms with Gasteiger partial charge in [-0.15, -0.1) is 0 Å². The summed E-state index contributed by atoms with van der Waals surface area (Å²) in [5.74, 6) is 0.640. The maximum absolute atomic E-state index is 5.45. The third kappa shape index (κ3) is 3.56. The molecular weight excluding hydrogens is 358 g/mol. The average molecular weight is 377 g/mol. The summed E-state index contributed by atoms with van der Waals surface area (Å²) in [6, 6.07) is 7.16. The molecule has 3 unspecified atom stereocenters. The average Bonchev–Trinajstić information content (AvgIpc) is 2.81. The molecule has 1 N–H and O–H groups in total. The highest BCUT2D eigenvalue weighted by Crippen LogP contribution is 2.28. The molecule has 4 heteroatoms. The summed E-state index contributed by atoms with van der Waals surface area (Å²) < 4.78 is 7.69. The SMILES string of the molecule is CC(NC(C)C1CCOC1)c1ccc(Br)cc1Br. The van der Waals surface area contributed by atoms with Crippen molar-refractivity contribution in [2.24, 2.45) is 5.92 Å². The Bertz CT molecular complexity index is 405. The van der Waals surface area contributed by atoms with Crippen LogP contribution in [0.2, 0.25) is 0 Å². The van der Waals surface area contributed by atoms with Gasteiger partial charge in [0, 0.05) is 27.6 Å². The molecule has 1 heterocycles. The van der Waals surface area contributed by atoms with Crippen LogP contribution < -0.4 is 5.32 Å². The zero-order valence-corrected chi connectivity index (χ0v) is 13.9. The van der Waals surface area contributed by atoms with Crippen molar-refractivity contribution in [2.75, 3.05) is 13.2 Å². The fourth-order valence-electron chi connectivity index (χ4n) is 2.42. The third-order valence-electron chi connectivity index (χ3n) is 3.61. The molecule has 0 radical (unpaired) electrons. The highest BCUT2D eigenvalue weighted by Gasteiger charge is 2.23. The first-order valence-corrected chi connectivity index (χ1v) is 7.95. The van der Waals surface area contributed by atoms with Gasteiger partial charge in [0.1, 0.15) is 0 Å². The van der Waals surface area contributed by atoms with Gasteiger partial charge < -0.3 is 10.1 Å². The molecule has 1 aromatic rings. The predicted molar refractivity (Wildman–Crippen MR) is 81.8 cm³/mol. The lowest BCUT2D eigenvalue weighted by Crippen LogP contribution is -2.35. The quantitative estimate of drug-likeness (QED) is 0.846. The van der Waals surface area contributed by atoms with Crippen molar-refractivity contribution in [1.29, 1.82) is 0 Å². The fourth-order valence-corrected chi connectivity index (χ4v) is 3.81. The van der Waals surface area contributed by atoms with E-state index >= 15 is 0 Å². The zero-order chi connectivity index (χ0) is 13.1. The number of rotatable bonds is 4. The third-order valence-corrected chi connectivity index (χ3v) is 4.79. The molecule has 2 nitrogen and oxygen atoms in total. The molecule has 3 atom stereocenters. The van der Waals surface area contributed by atoms with E-state index in [4.69, 9.17) is 4.74 Å². The van der Waals surface area contributed by atoms with Crippen molar-refractivity contribution in [3.8, 4) is 0 Å². The minimum Gasteiger partial charge on any atom is -0.381 e. The van der Waals surface area contributed by atoms with Crippen LogP contribution >= 0.6 is 31.9 Å². The van der Waals surface area contributed by atoms with E-state index in [0.29, 0.717) is 18.0 Å². The summed E-state index contributed by atoms with van der Waals surface area (Å²) in [4.78, 5) is 0. The number of benzene rings is 1. The van der Waals surface area contributed by atoms with Crippen LogP contribution in [0.3, 0.4) is 0 Å². The zero-order valence-electron chi connectivity index (χ0n) is 10.7. The van der Waals surface area contributed by atoms with E-state index in [0.717, 1.165) is 22.2 Å². The number of hydrogen-bond acceptors (Lipinski definition) is 2. The smallest absolute Gasteiger partial charge is 0.0509 e. The molecule has 1 aliphatic rings. The second kappa shape index (κ2) is 6.51. The summed E-state index contributed by atoms with van der Waals surface area (Å²) in [6.45, 7) is 6.26. The molecule has 0 saturated carbocycles. The van der Waals surface area contributed by atoms with Gasteiger partial charge in [-0.1, -0.05) is 37.9 Å². The molecule has 2 rings (SSSR count). The molecule has 100 valence electrons. The minimum atomic E-state index is 0.336. The van der Waals surface area contributed by atoms with Crippen LogP contribution in [0, 0.1) is 5.92 Å². The van der Waals surface area contributed by atoms with E-state index in [1.807, 2.05) is 0 Å². The van der Waals surface area contributed by atoms with Crippen molar-refractivity contribution >= 4 is 31.9 Å². The molecule has 1 aliphatic heterocycles. The number of ether oxygens (including phenoxy) is 1. The van der Waals surface area contributed by atoms with E-state index < -0.39 is 0 Å². The maximum Gasteiger partial charge on any atom is 0.0509 e. The van der Waals surface area contributed by atoms with Crippen LogP contribution in [-0.2, 0) is 4.74 Å². The van der Waals surface area contributed by atoms with Crippen molar-refractivity contribution in [3.63, 3.8) is 0 Å². The Labute approximate surface area is 126 Å². The maximum atomic E-state index is 5.45. The molecular formula is C14H19Br2NO. The standard InChI is InChI=1S/C14H19Br2NO/c1-9(11-5-6-18-8-11)17-10(2)13-4-3-12(15)7-14(13)16/h3-4,7,9-11,17H,5-6,8H2,1-2H3. The van der Waals surface area contributed by atoms with Gasteiger partial charge in [-0.05, 0) is 43.9 Å². The predicted octanol–water partition coefficient (Wildman–Crippen LogP) is 4.29. The van der Waals surface area contributed by atoms with Crippen molar-refractivity contribution < 1.29 is 4.74 Å². The summed E-state index contributed by atoms with van der Waals surface area (Å²) >= 11 is 7.11. The minimum absolute atomic E-state index is 0.336. The van der Waals surface area contributed by atoms with E-state index in [2.05, 4.69) is 69.2 Å². The molecule has 0 amide bonds. The number of hydrogen-bond donors (Lipinski definition) is 1. The van der Waals surface area contributed by atoms with E-state index in [1.54, 1.807) is 0 Å². The van der Waals surface area contributed by atoms with Gasteiger partial charge in [-0.3, -0.25) is 0 Å². The van der Waals surface area contributed by atoms with Crippen LogP contribution in [0.5, 0.6) is 0 Å². The van der Waals surface area contributed by atoms with Gasteiger partial charge in [0.2, 0.25) is 0 Å². The lowest BCUT2D eigenvalue weighted by molar-refractivity contribution is 0.177. The normalized spacial score (nSPS) is 23.0. The first-order valence-electron chi connectivity index (χ1n) is 6.36. The molecule has 1 saturated heterocycles. The van der Waals surface area contributed by atoms with Gasteiger partial charge in [0.15, 0.2) is 0 Å². The summed E-state index contributed by atoms with van der Waals surface area (Å²) in [5, 5.41) is 3.67. The monoisotopic (exact) mass is 375 g/mol. The summed E-state index contributed by atoms with van der Waals surface area (Å²) in [5.41, 5.74) is 1.30. The van der Waals surface area contributed by atoms with Gasteiger partial charge in [0.05, 0.1) is 6.61 Å². The summed E-state index contributed by atoms with van der Waals surface area (Å²) in [7, 11) is 0. The second-order valence-corrected chi connectivity index (χ2v) is 6.74. The molecule has 18 heavy (non-hydrogen) atoms. The van der Waals surface area contributed by atoms with Crippen LogP contribution in [0.25, 0.3) is 0 Å². The number of halogens is 2. The fraction of sp³-hybridized carbons (Fsp3) is 0.571. The van der Waals surface area contributed by atoms with Crippen molar-refractivity contribution in [2.45, 2.75) is 32.4 Å². The van der Waals surface area contributed by atoms with Gasteiger partial charge >= 0.3 is 0 Å². The Balaban J connectivity index is 2.00. The molecule has 1 aromatic carbocycles. The topological polar surface area (TPSA) is 21.3 Å². The second-order valence-electron chi connectivity index (χ2n) is 4.97. The van der Waals surface area contributed by atoms with Crippen molar-refractivity contribution in [3.05, 3.63) is 32.7 Å². The first kappa shape index (κ1) is 14.5. The lowest BCUT2D eigenvalue weighted by Gasteiger charge is -2.25. The van der Waals surface area contributed by atoms with Crippen molar-refractivity contribution in [1.82, 2.24) is 5.32 Å².